The number of alkyl halides is 3. The van der Waals surface area contributed by atoms with Crippen LogP contribution in [0.25, 0.3) is 11.3 Å². The monoisotopic (exact) mass is 483 g/mol. The molecule has 1 aromatic heterocycles. The molecular weight excluding hydrogens is 467 g/mol. The highest BCUT2D eigenvalue weighted by molar-refractivity contribution is 6.30. The molecule has 0 atom stereocenters. The van der Waals surface area contributed by atoms with E-state index >= 15 is 0 Å². The van der Waals surface area contributed by atoms with Crippen molar-refractivity contribution in [2.75, 3.05) is 10.7 Å². The Hall–Kier alpha value is -4.11. The third kappa shape index (κ3) is 6.69. The molecule has 0 aliphatic carbocycles. The molecule has 4 aromatic rings. The van der Waals surface area contributed by atoms with Crippen LogP contribution >= 0.6 is 11.6 Å². The first kappa shape index (κ1) is 23.1. The molecule has 0 aliphatic rings. The molecule has 0 saturated carbocycles. The maximum absolute atomic E-state index is 12.3. The SMILES string of the molecule is FC(F)(F)Oc1ccc(/C=N/Nc2nc(Nc3ccc(Cl)cc3)cc(-c3ccccc3)n2)cc1. The summed E-state index contributed by atoms with van der Waals surface area (Å²) < 4.78 is 40.7. The van der Waals surface area contributed by atoms with Gasteiger partial charge in [0.05, 0.1) is 11.9 Å². The van der Waals surface area contributed by atoms with Gasteiger partial charge in [0.2, 0.25) is 5.95 Å². The average molecular weight is 484 g/mol. The minimum Gasteiger partial charge on any atom is -0.406 e. The number of anilines is 3. The van der Waals surface area contributed by atoms with Crippen LogP contribution in [-0.2, 0) is 0 Å². The van der Waals surface area contributed by atoms with Gasteiger partial charge in [0.15, 0.2) is 0 Å². The highest BCUT2D eigenvalue weighted by Crippen LogP contribution is 2.25. The van der Waals surface area contributed by atoms with Crippen LogP contribution in [0.2, 0.25) is 5.02 Å². The number of nitrogens with zero attached hydrogens (tertiary/aromatic N) is 3. The summed E-state index contributed by atoms with van der Waals surface area (Å²) in [6, 6.07) is 23.8. The van der Waals surface area contributed by atoms with Gasteiger partial charge in [-0.3, -0.25) is 0 Å². The standard InChI is InChI=1S/C24H17ClF3N5O/c25-18-8-10-19(11-9-18)30-22-14-21(17-4-2-1-3-5-17)31-23(32-22)33-29-15-16-6-12-20(13-7-16)34-24(26,27)28/h1-15H,(H2,30,31,32,33)/b29-15+. The highest BCUT2D eigenvalue weighted by Gasteiger charge is 2.30. The summed E-state index contributed by atoms with van der Waals surface area (Å²) in [7, 11) is 0. The van der Waals surface area contributed by atoms with E-state index in [-0.39, 0.29) is 11.7 Å². The Morgan fingerprint density at radius 2 is 1.59 bits per heavy atom. The van der Waals surface area contributed by atoms with Crippen molar-refractivity contribution >= 4 is 35.3 Å². The van der Waals surface area contributed by atoms with E-state index in [0.29, 0.717) is 22.1 Å². The van der Waals surface area contributed by atoms with Crippen LogP contribution in [0.3, 0.4) is 0 Å². The zero-order chi connectivity index (χ0) is 24.0. The summed E-state index contributed by atoms with van der Waals surface area (Å²) in [6.45, 7) is 0. The molecule has 34 heavy (non-hydrogen) atoms. The van der Waals surface area contributed by atoms with Gasteiger partial charge in [-0.1, -0.05) is 41.9 Å². The fraction of sp³-hybridized carbons (Fsp3) is 0.0417. The van der Waals surface area contributed by atoms with Crippen LogP contribution in [0.5, 0.6) is 5.75 Å². The molecule has 0 spiro atoms. The van der Waals surface area contributed by atoms with Gasteiger partial charge in [0.1, 0.15) is 11.6 Å². The molecule has 172 valence electrons. The number of halogens is 4. The molecule has 1 heterocycles. The molecule has 0 amide bonds. The van der Waals surface area contributed by atoms with Crippen LogP contribution in [0, 0.1) is 0 Å². The van der Waals surface area contributed by atoms with Gasteiger partial charge in [-0.15, -0.1) is 13.2 Å². The van der Waals surface area contributed by atoms with Gasteiger partial charge >= 0.3 is 6.36 Å². The molecule has 0 fully saturated rings. The molecule has 10 heteroatoms. The van der Waals surface area contributed by atoms with E-state index in [1.165, 1.54) is 30.5 Å². The van der Waals surface area contributed by atoms with Gasteiger partial charge in [-0.25, -0.2) is 10.4 Å². The summed E-state index contributed by atoms with van der Waals surface area (Å²) >= 11 is 5.95. The number of rotatable bonds is 7. The summed E-state index contributed by atoms with van der Waals surface area (Å²) in [5.74, 6) is 0.447. The molecule has 0 radical (unpaired) electrons. The molecule has 3 aromatic carbocycles. The largest absolute Gasteiger partial charge is 0.573 e. The summed E-state index contributed by atoms with van der Waals surface area (Å²) in [6.07, 6.45) is -3.31. The maximum atomic E-state index is 12.3. The van der Waals surface area contributed by atoms with Crippen molar-refractivity contribution in [2.45, 2.75) is 6.36 Å². The van der Waals surface area contributed by atoms with Crippen molar-refractivity contribution in [1.82, 2.24) is 9.97 Å². The van der Waals surface area contributed by atoms with Gasteiger partial charge < -0.3 is 10.1 Å². The molecule has 2 N–H and O–H groups in total. The second-order valence-corrected chi connectivity index (χ2v) is 7.38. The Morgan fingerprint density at radius 1 is 0.882 bits per heavy atom. The molecule has 0 saturated heterocycles. The second-order valence-electron chi connectivity index (χ2n) is 6.95. The minimum absolute atomic E-state index is 0.228. The van der Waals surface area contributed by atoms with E-state index in [4.69, 9.17) is 11.6 Å². The summed E-state index contributed by atoms with van der Waals surface area (Å²) in [5.41, 5.74) is 5.66. The molecule has 4 rings (SSSR count). The first-order chi connectivity index (χ1) is 16.3. The summed E-state index contributed by atoms with van der Waals surface area (Å²) in [5, 5.41) is 7.93. The Bertz CT molecular complexity index is 1260. The predicted octanol–water partition coefficient (Wildman–Crippen LogP) is 6.89. The number of hydrogen-bond donors (Lipinski definition) is 2. The van der Waals surface area contributed by atoms with E-state index in [1.54, 1.807) is 18.2 Å². The Kier molecular flexibility index (Phi) is 6.93. The van der Waals surface area contributed by atoms with Crippen molar-refractivity contribution in [3.05, 3.63) is 95.5 Å². The van der Waals surface area contributed by atoms with E-state index in [2.05, 4.69) is 30.5 Å². The van der Waals surface area contributed by atoms with E-state index < -0.39 is 6.36 Å². The van der Waals surface area contributed by atoms with Crippen LogP contribution in [0.4, 0.5) is 30.6 Å². The number of benzene rings is 3. The number of hydrazone groups is 1. The van der Waals surface area contributed by atoms with Gasteiger partial charge in [0.25, 0.3) is 0 Å². The molecular formula is C24H17ClF3N5O. The van der Waals surface area contributed by atoms with Gasteiger partial charge in [0, 0.05) is 22.3 Å². The number of hydrogen-bond acceptors (Lipinski definition) is 6. The van der Waals surface area contributed by atoms with Crippen LogP contribution < -0.4 is 15.5 Å². The van der Waals surface area contributed by atoms with Crippen molar-refractivity contribution in [3.63, 3.8) is 0 Å². The van der Waals surface area contributed by atoms with E-state index in [1.807, 2.05) is 42.5 Å². The third-order valence-corrected chi connectivity index (χ3v) is 4.66. The Morgan fingerprint density at radius 3 is 2.26 bits per heavy atom. The topological polar surface area (TPSA) is 71.4 Å². The molecule has 0 unspecified atom stereocenters. The molecule has 0 aliphatic heterocycles. The Labute approximate surface area is 198 Å². The number of ether oxygens (including phenoxy) is 1. The zero-order valence-electron chi connectivity index (χ0n) is 17.4. The maximum Gasteiger partial charge on any atom is 0.573 e. The van der Waals surface area contributed by atoms with Crippen molar-refractivity contribution in [2.24, 2.45) is 5.10 Å². The first-order valence-electron chi connectivity index (χ1n) is 9.96. The average Bonchev–Trinajstić information content (AvgIpc) is 2.81. The van der Waals surface area contributed by atoms with Crippen LogP contribution in [-0.4, -0.2) is 22.5 Å². The molecule has 0 bridgehead atoms. The fourth-order valence-electron chi connectivity index (χ4n) is 2.92. The minimum atomic E-state index is -4.74. The van der Waals surface area contributed by atoms with Gasteiger partial charge in [-0.05, 0) is 54.1 Å². The van der Waals surface area contributed by atoms with Crippen molar-refractivity contribution in [1.29, 1.82) is 0 Å². The Balaban J connectivity index is 1.53. The lowest BCUT2D eigenvalue weighted by atomic mass is 10.1. The smallest absolute Gasteiger partial charge is 0.406 e. The lowest BCUT2D eigenvalue weighted by molar-refractivity contribution is -0.274. The third-order valence-electron chi connectivity index (χ3n) is 4.40. The van der Waals surface area contributed by atoms with Gasteiger partial charge in [-0.2, -0.15) is 10.1 Å². The number of nitrogens with one attached hydrogen (secondary N) is 2. The highest BCUT2D eigenvalue weighted by atomic mass is 35.5. The first-order valence-corrected chi connectivity index (χ1v) is 10.3. The molecule has 6 nitrogen and oxygen atoms in total. The fourth-order valence-corrected chi connectivity index (χ4v) is 3.05. The lowest BCUT2D eigenvalue weighted by Crippen LogP contribution is -2.17. The van der Waals surface area contributed by atoms with E-state index in [0.717, 1.165) is 11.3 Å². The van der Waals surface area contributed by atoms with Crippen molar-refractivity contribution in [3.8, 4) is 17.0 Å². The number of aromatic nitrogens is 2. The summed E-state index contributed by atoms with van der Waals surface area (Å²) in [4.78, 5) is 8.94. The van der Waals surface area contributed by atoms with Crippen molar-refractivity contribution < 1.29 is 17.9 Å². The predicted molar refractivity (Wildman–Crippen MR) is 127 cm³/mol. The normalized spacial score (nSPS) is 11.4. The van der Waals surface area contributed by atoms with Crippen LogP contribution in [0.1, 0.15) is 5.56 Å². The van der Waals surface area contributed by atoms with E-state index in [9.17, 15) is 13.2 Å². The zero-order valence-corrected chi connectivity index (χ0v) is 18.2. The second kappa shape index (κ2) is 10.2. The van der Waals surface area contributed by atoms with Crippen LogP contribution in [0.15, 0.2) is 90.0 Å². The lowest BCUT2D eigenvalue weighted by Gasteiger charge is -2.10. The quantitative estimate of drug-likeness (QED) is 0.221.